The minimum atomic E-state index is -0.821. The van der Waals surface area contributed by atoms with Gasteiger partial charge in [0.25, 0.3) is 0 Å². The van der Waals surface area contributed by atoms with Crippen molar-refractivity contribution in [3.05, 3.63) is 12.1 Å². The molecule has 20 heavy (non-hydrogen) atoms. The van der Waals surface area contributed by atoms with Crippen LogP contribution in [0.5, 0.6) is 0 Å². The summed E-state index contributed by atoms with van der Waals surface area (Å²) in [5, 5.41) is 8.91. The number of likely N-dealkylation sites (tertiary alicyclic amines) is 1. The van der Waals surface area contributed by atoms with Crippen molar-refractivity contribution in [2.24, 2.45) is 5.92 Å². The van der Waals surface area contributed by atoms with Crippen LogP contribution in [0.1, 0.15) is 40.5 Å². The molecule has 0 atom stereocenters. The number of hydrogen-bond acceptors (Lipinski definition) is 3. The fraction of sp³-hybridized carbons (Fsp3) is 0.786. The van der Waals surface area contributed by atoms with E-state index in [9.17, 15) is 4.79 Å². The fourth-order valence-corrected chi connectivity index (χ4v) is 2.50. The zero-order valence-electron chi connectivity index (χ0n) is 12.8. The summed E-state index contributed by atoms with van der Waals surface area (Å²) >= 11 is 0. The second-order valence-corrected chi connectivity index (χ2v) is 6.62. The molecule has 2 aliphatic rings. The molecule has 2 heterocycles. The van der Waals surface area contributed by atoms with Gasteiger partial charge in [0, 0.05) is 13.1 Å². The first kappa shape index (κ1) is 15.4. The Bertz CT molecular complexity index is 384. The highest BCUT2D eigenvalue weighted by atomic mass is 16.7. The number of hydrogen-bond donors (Lipinski definition) is 1. The molecule has 5 nitrogen and oxygen atoms in total. The molecular weight excluding hydrogens is 257 g/mol. The number of piperidine rings is 1. The molecule has 0 radical (unpaired) electrons. The van der Waals surface area contributed by atoms with Crippen LogP contribution in [0.15, 0.2) is 12.1 Å². The summed E-state index contributed by atoms with van der Waals surface area (Å²) in [6, 6.07) is 0. The van der Waals surface area contributed by atoms with E-state index >= 15 is 0 Å². The molecule has 1 N–H and O–H groups in total. The van der Waals surface area contributed by atoms with Gasteiger partial charge >= 0.3 is 13.2 Å². The third kappa shape index (κ3) is 3.18. The van der Waals surface area contributed by atoms with E-state index < -0.39 is 6.09 Å². The number of allylic oxidation sites excluding steroid dienone is 1. The molecule has 2 rings (SSSR count). The van der Waals surface area contributed by atoms with Crippen molar-refractivity contribution in [1.29, 1.82) is 0 Å². The molecule has 0 saturated carbocycles. The number of nitrogens with zero attached hydrogens (tertiary/aromatic N) is 1. The number of carboxylic acid groups (broad SMARTS) is 1. The molecule has 2 fully saturated rings. The van der Waals surface area contributed by atoms with Crippen molar-refractivity contribution >= 4 is 13.2 Å². The van der Waals surface area contributed by atoms with Gasteiger partial charge in [0.2, 0.25) is 0 Å². The van der Waals surface area contributed by atoms with Crippen LogP contribution in [0.25, 0.3) is 0 Å². The van der Waals surface area contributed by atoms with Crippen molar-refractivity contribution in [3.8, 4) is 0 Å². The van der Waals surface area contributed by atoms with Gasteiger partial charge in [0.05, 0.1) is 11.2 Å². The molecule has 0 aromatic carbocycles. The zero-order chi connectivity index (χ0) is 15.0. The predicted molar refractivity (Wildman–Crippen MR) is 77.5 cm³/mol. The van der Waals surface area contributed by atoms with E-state index in [2.05, 4.69) is 6.08 Å². The normalized spacial score (nSPS) is 26.4. The average molecular weight is 281 g/mol. The summed E-state index contributed by atoms with van der Waals surface area (Å²) in [5.74, 6) is 2.38. The number of amides is 1. The van der Waals surface area contributed by atoms with Gasteiger partial charge in [-0.1, -0.05) is 12.1 Å². The molecule has 0 unspecified atom stereocenters. The number of rotatable bonds is 2. The predicted octanol–water partition coefficient (Wildman–Crippen LogP) is 2.56. The lowest BCUT2D eigenvalue weighted by Gasteiger charge is -2.32. The van der Waals surface area contributed by atoms with Crippen molar-refractivity contribution in [2.75, 3.05) is 13.1 Å². The van der Waals surface area contributed by atoms with Gasteiger partial charge in [-0.25, -0.2) is 4.79 Å². The summed E-state index contributed by atoms with van der Waals surface area (Å²) in [6.45, 7) is 9.35. The van der Waals surface area contributed by atoms with E-state index in [0.717, 1.165) is 12.8 Å². The van der Waals surface area contributed by atoms with Crippen LogP contribution >= 0.6 is 0 Å². The van der Waals surface area contributed by atoms with Gasteiger partial charge in [0.15, 0.2) is 0 Å². The Labute approximate surface area is 121 Å². The highest BCUT2D eigenvalue weighted by Gasteiger charge is 2.50. The Kier molecular flexibility index (Phi) is 4.16. The Balaban J connectivity index is 1.85. The van der Waals surface area contributed by atoms with E-state index in [1.165, 1.54) is 4.90 Å². The average Bonchev–Trinajstić information content (AvgIpc) is 2.56. The third-order valence-electron chi connectivity index (χ3n) is 4.62. The van der Waals surface area contributed by atoms with Gasteiger partial charge in [-0.05, 0) is 46.5 Å². The topological polar surface area (TPSA) is 59.0 Å². The molecule has 0 aromatic heterocycles. The maximum atomic E-state index is 10.8. The quantitative estimate of drug-likeness (QED) is 0.790. The van der Waals surface area contributed by atoms with Crippen LogP contribution in [0, 0.1) is 5.92 Å². The highest BCUT2D eigenvalue weighted by Crippen LogP contribution is 2.37. The molecule has 2 saturated heterocycles. The van der Waals surface area contributed by atoms with E-state index in [-0.39, 0.29) is 18.3 Å². The molecule has 0 spiro atoms. The molecule has 0 bridgehead atoms. The second kappa shape index (κ2) is 5.41. The van der Waals surface area contributed by atoms with Crippen molar-refractivity contribution in [3.63, 3.8) is 0 Å². The van der Waals surface area contributed by atoms with E-state index in [4.69, 9.17) is 14.4 Å². The Morgan fingerprint density at radius 1 is 1.20 bits per heavy atom. The molecular formula is C14H24BNO4. The first-order valence-corrected chi connectivity index (χ1v) is 7.23. The summed E-state index contributed by atoms with van der Waals surface area (Å²) in [6.07, 6.45) is 3.02. The van der Waals surface area contributed by atoms with Gasteiger partial charge in [-0.15, -0.1) is 0 Å². The van der Waals surface area contributed by atoms with Crippen LogP contribution < -0.4 is 0 Å². The molecule has 2 aliphatic heterocycles. The third-order valence-corrected chi connectivity index (χ3v) is 4.62. The zero-order valence-corrected chi connectivity index (χ0v) is 12.8. The van der Waals surface area contributed by atoms with Crippen molar-refractivity contribution in [2.45, 2.75) is 51.7 Å². The summed E-state index contributed by atoms with van der Waals surface area (Å²) in [5.41, 5.74) is -0.622. The largest absolute Gasteiger partial charge is 0.486 e. The smallest absolute Gasteiger partial charge is 0.465 e. The van der Waals surface area contributed by atoms with Crippen LogP contribution in [0.4, 0.5) is 4.79 Å². The Hall–Kier alpha value is -1.01. The van der Waals surface area contributed by atoms with E-state index in [1.807, 2.05) is 33.7 Å². The van der Waals surface area contributed by atoms with Crippen molar-refractivity contribution in [1.82, 2.24) is 4.90 Å². The lowest BCUT2D eigenvalue weighted by molar-refractivity contribution is 0.00578. The lowest BCUT2D eigenvalue weighted by atomic mass is 9.86. The molecule has 112 valence electrons. The number of carbonyl (C=O) groups is 1. The van der Waals surface area contributed by atoms with Crippen LogP contribution in [0.2, 0.25) is 0 Å². The summed E-state index contributed by atoms with van der Waals surface area (Å²) in [7, 11) is -0.308. The molecule has 1 amide bonds. The Morgan fingerprint density at radius 2 is 1.70 bits per heavy atom. The molecule has 0 aromatic rings. The standard InChI is InChI=1S/C14H24BNO4/c1-13(2)14(3,4)20-15(19-13)8-5-11-6-9-16(10-7-11)12(17)18/h5,8,11H,6-7,9-10H2,1-4H3,(H,17,18). The molecule has 6 heteroatoms. The van der Waals surface area contributed by atoms with Crippen molar-refractivity contribution < 1.29 is 19.2 Å². The van der Waals surface area contributed by atoms with Crippen LogP contribution in [-0.4, -0.2) is 47.5 Å². The first-order valence-electron chi connectivity index (χ1n) is 7.23. The minimum absolute atomic E-state index is 0.308. The van der Waals surface area contributed by atoms with E-state index in [0.29, 0.717) is 19.0 Å². The monoisotopic (exact) mass is 281 g/mol. The second-order valence-electron chi connectivity index (χ2n) is 6.62. The highest BCUT2D eigenvalue weighted by molar-refractivity contribution is 6.51. The maximum Gasteiger partial charge on any atom is 0.486 e. The minimum Gasteiger partial charge on any atom is -0.465 e. The van der Waals surface area contributed by atoms with E-state index in [1.54, 1.807) is 0 Å². The van der Waals surface area contributed by atoms with Gasteiger partial charge in [-0.3, -0.25) is 0 Å². The van der Waals surface area contributed by atoms with Crippen LogP contribution in [0.3, 0.4) is 0 Å². The summed E-state index contributed by atoms with van der Waals surface area (Å²) < 4.78 is 11.8. The summed E-state index contributed by atoms with van der Waals surface area (Å²) in [4.78, 5) is 12.3. The van der Waals surface area contributed by atoms with Gasteiger partial charge in [-0.2, -0.15) is 0 Å². The fourth-order valence-electron chi connectivity index (χ4n) is 2.50. The van der Waals surface area contributed by atoms with Crippen LogP contribution in [-0.2, 0) is 9.31 Å². The maximum absolute atomic E-state index is 10.8. The van der Waals surface area contributed by atoms with Gasteiger partial charge in [0.1, 0.15) is 0 Å². The SMILES string of the molecule is CC1(C)OB(C=CC2CCN(C(=O)O)CC2)OC1(C)C. The first-order chi connectivity index (χ1) is 9.21. The van der Waals surface area contributed by atoms with Gasteiger partial charge < -0.3 is 19.3 Å². The Morgan fingerprint density at radius 3 is 2.15 bits per heavy atom. The molecule has 0 aliphatic carbocycles. The lowest BCUT2D eigenvalue weighted by Crippen LogP contribution is -2.41.